The summed E-state index contributed by atoms with van der Waals surface area (Å²) < 4.78 is 10.2. The lowest BCUT2D eigenvalue weighted by Gasteiger charge is -2.11. The molecule has 0 saturated carbocycles. The monoisotopic (exact) mass is 294 g/mol. The van der Waals surface area contributed by atoms with E-state index in [0.29, 0.717) is 12.3 Å². The van der Waals surface area contributed by atoms with Crippen molar-refractivity contribution in [2.75, 3.05) is 11.9 Å². The molecule has 0 radical (unpaired) electrons. The molecule has 2 aromatic rings. The van der Waals surface area contributed by atoms with Crippen molar-refractivity contribution >= 4 is 22.4 Å². The summed E-state index contributed by atoms with van der Waals surface area (Å²) in [7, 11) is 0. The van der Waals surface area contributed by atoms with Crippen LogP contribution in [0.4, 0.5) is 5.13 Å². The minimum absolute atomic E-state index is 0.251. The van der Waals surface area contributed by atoms with Gasteiger partial charge in [-0.05, 0) is 32.4 Å². The van der Waals surface area contributed by atoms with Crippen LogP contribution in [0.5, 0.6) is 0 Å². The number of ether oxygens (including phenoxy) is 1. The number of carbonyl (C=O) groups is 1. The Kier molecular flexibility index (Phi) is 5.17. The Labute approximate surface area is 122 Å². The molecule has 0 aliphatic carbocycles. The Hall–Kier alpha value is -1.82. The molecule has 1 N–H and O–H groups in total. The molecule has 0 bridgehead atoms. The predicted molar refractivity (Wildman–Crippen MR) is 78.2 cm³/mol. The lowest BCUT2D eigenvalue weighted by molar-refractivity contribution is 0.0520. The molecule has 1 unspecified atom stereocenters. The number of esters is 1. The molecule has 0 aliphatic heterocycles. The van der Waals surface area contributed by atoms with E-state index in [1.807, 2.05) is 12.1 Å². The molecule has 2 aromatic heterocycles. The smallest absolute Gasteiger partial charge is 0.357 e. The fraction of sp³-hybridized carbons (Fsp3) is 0.429. The molecule has 6 heteroatoms. The third-order valence-electron chi connectivity index (χ3n) is 2.76. The predicted octanol–water partition coefficient (Wildman–Crippen LogP) is 3.35. The molecule has 2 heterocycles. The molecule has 0 aromatic carbocycles. The van der Waals surface area contributed by atoms with Gasteiger partial charge in [0, 0.05) is 17.8 Å². The number of aromatic nitrogens is 1. The van der Waals surface area contributed by atoms with Crippen molar-refractivity contribution in [3.05, 3.63) is 35.2 Å². The second kappa shape index (κ2) is 7.09. The topological polar surface area (TPSA) is 64.4 Å². The van der Waals surface area contributed by atoms with E-state index in [-0.39, 0.29) is 12.0 Å². The van der Waals surface area contributed by atoms with Crippen LogP contribution in [0.1, 0.15) is 36.5 Å². The number of furan rings is 1. The summed E-state index contributed by atoms with van der Waals surface area (Å²) in [6.07, 6.45) is 3.49. The maximum Gasteiger partial charge on any atom is 0.357 e. The molecule has 108 valence electrons. The number of aryl methyl sites for hydroxylation is 1. The summed E-state index contributed by atoms with van der Waals surface area (Å²) in [4.78, 5) is 15.7. The first-order valence-corrected chi connectivity index (χ1v) is 7.48. The van der Waals surface area contributed by atoms with Gasteiger partial charge >= 0.3 is 5.97 Å². The highest BCUT2D eigenvalue weighted by atomic mass is 32.1. The third-order valence-corrected chi connectivity index (χ3v) is 3.54. The lowest BCUT2D eigenvalue weighted by Crippen LogP contribution is -2.16. The summed E-state index contributed by atoms with van der Waals surface area (Å²) >= 11 is 1.41. The minimum atomic E-state index is -0.375. The highest BCUT2D eigenvalue weighted by Gasteiger charge is 2.13. The van der Waals surface area contributed by atoms with Gasteiger partial charge in [-0.3, -0.25) is 0 Å². The minimum Gasteiger partial charge on any atom is -0.469 e. The number of nitrogens with one attached hydrogen (secondary N) is 1. The number of anilines is 1. The second-order valence-electron chi connectivity index (χ2n) is 4.42. The molecular formula is C14H18N2O3S. The summed E-state index contributed by atoms with van der Waals surface area (Å²) in [5, 5.41) is 5.72. The Bertz CT molecular complexity index is 536. The summed E-state index contributed by atoms with van der Waals surface area (Å²) in [5.74, 6) is 0.602. The van der Waals surface area contributed by atoms with E-state index in [1.54, 1.807) is 18.6 Å². The highest BCUT2D eigenvalue weighted by Crippen LogP contribution is 2.18. The van der Waals surface area contributed by atoms with Crippen LogP contribution in [0, 0.1) is 0 Å². The molecule has 20 heavy (non-hydrogen) atoms. The molecule has 0 aliphatic rings. The van der Waals surface area contributed by atoms with Crippen LogP contribution in [0.15, 0.2) is 28.2 Å². The third kappa shape index (κ3) is 4.09. The number of nitrogens with zero attached hydrogens (tertiary/aromatic N) is 1. The second-order valence-corrected chi connectivity index (χ2v) is 5.28. The first kappa shape index (κ1) is 14.6. The molecule has 0 saturated heterocycles. The van der Waals surface area contributed by atoms with E-state index in [0.717, 1.165) is 23.7 Å². The molecule has 0 amide bonds. The molecule has 0 spiro atoms. The quantitative estimate of drug-likeness (QED) is 0.793. The lowest BCUT2D eigenvalue weighted by atomic mass is 10.1. The van der Waals surface area contributed by atoms with Crippen LogP contribution in [0.2, 0.25) is 0 Å². The SMILES string of the molecule is CCOC(=O)c1csc(NC(C)CCc2ccco2)n1. The van der Waals surface area contributed by atoms with Gasteiger partial charge in [-0.15, -0.1) is 11.3 Å². The van der Waals surface area contributed by atoms with Crippen molar-refractivity contribution < 1.29 is 13.9 Å². The summed E-state index contributed by atoms with van der Waals surface area (Å²) in [6, 6.07) is 4.11. The first-order chi connectivity index (χ1) is 9.69. The van der Waals surface area contributed by atoms with Gasteiger partial charge in [0.2, 0.25) is 0 Å². The van der Waals surface area contributed by atoms with E-state index >= 15 is 0 Å². The van der Waals surface area contributed by atoms with Crippen LogP contribution in [0.25, 0.3) is 0 Å². The normalized spacial score (nSPS) is 12.1. The number of rotatable bonds is 7. The van der Waals surface area contributed by atoms with Crippen molar-refractivity contribution in [2.24, 2.45) is 0 Å². The van der Waals surface area contributed by atoms with Crippen molar-refractivity contribution in [1.82, 2.24) is 4.98 Å². The number of hydrogen-bond acceptors (Lipinski definition) is 6. The van der Waals surface area contributed by atoms with Gasteiger partial charge in [0.05, 0.1) is 12.9 Å². The van der Waals surface area contributed by atoms with Gasteiger partial charge in [0.1, 0.15) is 5.76 Å². The zero-order chi connectivity index (χ0) is 14.4. The van der Waals surface area contributed by atoms with Gasteiger partial charge < -0.3 is 14.5 Å². The molecule has 2 rings (SSSR count). The molecule has 5 nitrogen and oxygen atoms in total. The van der Waals surface area contributed by atoms with E-state index in [2.05, 4.69) is 17.2 Å². The maximum atomic E-state index is 11.5. The summed E-state index contributed by atoms with van der Waals surface area (Å²) in [6.45, 7) is 4.22. The van der Waals surface area contributed by atoms with E-state index in [4.69, 9.17) is 9.15 Å². The van der Waals surface area contributed by atoms with Gasteiger partial charge in [0.25, 0.3) is 0 Å². The van der Waals surface area contributed by atoms with Gasteiger partial charge in [-0.25, -0.2) is 9.78 Å². The van der Waals surface area contributed by atoms with E-state index in [9.17, 15) is 4.79 Å². The van der Waals surface area contributed by atoms with Gasteiger partial charge in [-0.1, -0.05) is 0 Å². The van der Waals surface area contributed by atoms with Crippen LogP contribution < -0.4 is 5.32 Å². The Balaban J connectivity index is 1.82. The largest absolute Gasteiger partial charge is 0.469 e. The average molecular weight is 294 g/mol. The average Bonchev–Trinajstić information content (AvgIpc) is 3.07. The zero-order valence-electron chi connectivity index (χ0n) is 11.6. The molecule has 1 atom stereocenters. The zero-order valence-corrected chi connectivity index (χ0v) is 12.4. The Morgan fingerprint density at radius 3 is 3.15 bits per heavy atom. The number of carbonyl (C=O) groups excluding carboxylic acids is 1. The van der Waals surface area contributed by atoms with Crippen LogP contribution >= 0.6 is 11.3 Å². The van der Waals surface area contributed by atoms with Crippen LogP contribution in [-0.2, 0) is 11.2 Å². The molecule has 0 fully saturated rings. The van der Waals surface area contributed by atoms with Crippen molar-refractivity contribution in [3.63, 3.8) is 0 Å². The highest BCUT2D eigenvalue weighted by molar-refractivity contribution is 7.13. The van der Waals surface area contributed by atoms with Crippen LogP contribution in [0.3, 0.4) is 0 Å². The van der Waals surface area contributed by atoms with E-state index < -0.39 is 0 Å². The standard InChI is InChI=1S/C14H18N2O3S/c1-3-18-13(17)12-9-20-14(16-12)15-10(2)6-7-11-5-4-8-19-11/h4-5,8-10H,3,6-7H2,1-2H3,(H,15,16). The first-order valence-electron chi connectivity index (χ1n) is 6.60. The van der Waals surface area contributed by atoms with Crippen molar-refractivity contribution in [2.45, 2.75) is 32.7 Å². The van der Waals surface area contributed by atoms with E-state index in [1.165, 1.54) is 11.3 Å². The fourth-order valence-corrected chi connectivity index (χ4v) is 2.53. The Morgan fingerprint density at radius 2 is 2.45 bits per heavy atom. The molecular weight excluding hydrogens is 276 g/mol. The van der Waals surface area contributed by atoms with Gasteiger partial charge in [0.15, 0.2) is 10.8 Å². The van der Waals surface area contributed by atoms with Crippen LogP contribution in [-0.4, -0.2) is 23.6 Å². The number of thiazole rings is 1. The van der Waals surface area contributed by atoms with Crippen molar-refractivity contribution in [1.29, 1.82) is 0 Å². The number of hydrogen-bond donors (Lipinski definition) is 1. The van der Waals surface area contributed by atoms with Crippen molar-refractivity contribution in [3.8, 4) is 0 Å². The Morgan fingerprint density at radius 1 is 1.60 bits per heavy atom. The fourth-order valence-electron chi connectivity index (χ4n) is 1.74. The maximum absolute atomic E-state index is 11.5. The van der Waals surface area contributed by atoms with Gasteiger partial charge in [-0.2, -0.15) is 0 Å². The summed E-state index contributed by atoms with van der Waals surface area (Å²) in [5.41, 5.74) is 0.359.